The first-order valence-corrected chi connectivity index (χ1v) is 5.95. The number of aliphatic hydroxyl groups excluding tert-OH is 6. The molecule has 10 heteroatoms. The van der Waals surface area contributed by atoms with Gasteiger partial charge in [0.1, 0.15) is 24.9 Å². The number of quaternary nitrogens is 1. The van der Waals surface area contributed by atoms with Crippen molar-refractivity contribution in [3.8, 4) is 0 Å². The third-order valence-corrected chi connectivity index (χ3v) is 2.28. The van der Waals surface area contributed by atoms with E-state index >= 15 is 0 Å². The zero-order chi connectivity index (χ0) is 16.5. The summed E-state index contributed by atoms with van der Waals surface area (Å²) in [5, 5.41) is 60.2. The van der Waals surface area contributed by atoms with Gasteiger partial charge in [-0.1, -0.05) is 0 Å². The summed E-state index contributed by atoms with van der Waals surface area (Å²) in [7, 11) is 6.16. The van der Waals surface area contributed by atoms with Gasteiger partial charge in [0, 0.05) is 0 Å². The summed E-state index contributed by atoms with van der Waals surface area (Å²) in [5.41, 5.74) is 0. The van der Waals surface area contributed by atoms with Crippen molar-refractivity contribution in [2.45, 2.75) is 24.4 Å². The maximum atomic E-state index is 10.1. The van der Waals surface area contributed by atoms with Crippen molar-refractivity contribution in [3.63, 3.8) is 0 Å². The average molecular weight is 336 g/mol. The maximum absolute atomic E-state index is 10.1. The fourth-order valence-electron chi connectivity index (χ4n) is 0.968. The molecule has 0 aliphatic heterocycles. The molecule has 4 unspecified atom stereocenters. The van der Waals surface area contributed by atoms with Crippen LogP contribution in [-0.2, 0) is 4.79 Å². The normalized spacial score (nSPS) is 16.6. The molecule has 0 spiro atoms. The molecule has 21 heavy (non-hydrogen) atoms. The van der Waals surface area contributed by atoms with Gasteiger partial charge in [-0.2, -0.15) is 0 Å². The average Bonchev–Trinajstić information content (AvgIpc) is 2.34. The molecule has 0 aliphatic rings. The van der Waals surface area contributed by atoms with Gasteiger partial charge >= 0.3 is 5.97 Å². The van der Waals surface area contributed by atoms with Gasteiger partial charge in [-0.3, -0.25) is 0 Å². The molecular formula is C11H26ClNO8. The van der Waals surface area contributed by atoms with E-state index in [2.05, 4.69) is 21.1 Å². The minimum absolute atomic E-state index is 0. The number of aliphatic hydroxyl groups is 6. The summed E-state index contributed by atoms with van der Waals surface area (Å²) in [6.07, 6.45) is -7.84. The Morgan fingerprint density at radius 2 is 1.43 bits per heavy atom. The SMILES string of the molecule is C[N+](C)(C)CCO.O=C(O)C(O)C(O)C(O)C(O)CO.[Cl-]. The summed E-state index contributed by atoms with van der Waals surface area (Å²) in [6.45, 7) is 0.272. The van der Waals surface area contributed by atoms with Crippen LogP contribution in [0.5, 0.6) is 0 Å². The van der Waals surface area contributed by atoms with E-state index in [9.17, 15) is 4.79 Å². The van der Waals surface area contributed by atoms with Gasteiger partial charge in [0.05, 0.1) is 34.4 Å². The lowest BCUT2D eigenvalue weighted by Crippen LogP contribution is -3.00. The molecule has 7 N–H and O–H groups in total. The summed E-state index contributed by atoms with van der Waals surface area (Å²) in [5.74, 6) is -1.73. The van der Waals surface area contributed by atoms with Gasteiger partial charge in [-0.05, 0) is 0 Å². The molecule has 0 rings (SSSR count). The first-order chi connectivity index (χ1) is 8.97. The Bertz CT molecular complexity index is 273. The smallest absolute Gasteiger partial charge is 0.335 e. The van der Waals surface area contributed by atoms with Crippen molar-refractivity contribution >= 4 is 5.97 Å². The van der Waals surface area contributed by atoms with Crippen LogP contribution < -0.4 is 12.4 Å². The van der Waals surface area contributed by atoms with E-state index in [1.807, 2.05) is 0 Å². The van der Waals surface area contributed by atoms with Crippen molar-refractivity contribution < 1.29 is 57.4 Å². The van der Waals surface area contributed by atoms with Crippen LogP contribution in [0.3, 0.4) is 0 Å². The van der Waals surface area contributed by atoms with Crippen molar-refractivity contribution in [1.82, 2.24) is 0 Å². The quantitative estimate of drug-likeness (QED) is 0.226. The Morgan fingerprint density at radius 1 is 1.00 bits per heavy atom. The Balaban J connectivity index is -0.000000347. The third kappa shape index (κ3) is 12.9. The number of aliphatic carboxylic acids is 1. The molecule has 0 aliphatic carbocycles. The molecule has 0 radical (unpaired) electrons. The molecule has 0 heterocycles. The van der Waals surface area contributed by atoms with Crippen LogP contribution in [0.1, 0.15) is 0 Å². The van der Waals surface area contributed by atoms with E-state index in [1.54, 1.807) is 0 Å². The highest BCUT2D eigenvalue weighted by Gasteiger charge is 2.33. The largest absolute Gasteiger partial charge is 1.00 e. The van der Waals surface area contributed by atoms with Gasteiger partial charge in [-0.15, -0.1) is 0 Å². The van der Waals surface area contributed by atoms with Crippen LogP contribution >= 0.6 is 0 Å². The standard InChI is InChI=1S/C6H12O7.C5H14NO.ClH/c7-1-2(8)3(9)4(10)5(11)6(12)13;1-6(2,3)4-5-7;/h2-5,7-11H,1H2,(H,12,13);7H,4-5H2,1-3H3;1H/q;+1;/p-1. The highest BCUT2D eigenvalue weighted by molar-refractivity contribution is 5.72. The van der Waals surface area contributed by atoms with E-state index in [-0.39, 0.29) is 19.0 Å². The number of carboxylic acids is 1. The number of hydrogen-bond acceptors (Lipinski definition) is 7. The molecular weight excluding hydrogens is 310 g/mol. The highest BCUT2D eigenvalue weighted by Crippen LogP contribution is 2.04. The Kier molecular flexibility index (Phi) is 14.6. The molecule has 0 aromatic heterocycles. The van der Waals surface area contributed by atoms with Crippen LogP contribution in [-0.4, -0.2) is 112 Å². The highest BCUT2D eigenvalue weighted by atomic mass is 35.5. The van der Waals surface area contributed by atoms with Crippen molar-refractivity contribution in [1.29, 1.82) is 0 Å². The van der Waals surface area contributed by atoms with E-state index in [1.165, 1.54) is 0 Å². The predicted molar refractivity (Wildman–Crippen MR) is 68.7 cm³/mol. The Morgan fingerprint density at radius 3 is 1.62 bits per heavy atom. The van der Waals surface area contributed by atoms with Gasteiger partial charge in [-0.25, -0.2) is 4.79 Å². The number of rotatable bonds is 7. The molecule has 4 atom stereocenters. The summed E-state index contributed by atoms with van der Waals surface area (Å²) in [6, 6.07) is 0. The fourth-order valence-corrected chi connectivity index (χ4v) is 0.968. The van der Waals surface area contributed by atoms with Gasteiger partial charge in [0.25, 0.3) is 0 Å². The molecule has 0 aromatic carbocycles. The predicted octanol–water partition coefficient (Wildman–Crippen LogP) is -6.80. The number of carbonyl (C=O) groups is 1. The van der Waals surface area contributed by atoms with Crippen LogP contribution in [0.4, 0.5) is 0 Å². The van der Waals surface area contributed by atoms with Crippen molar-refractivity contribution in [3.05, 3.63) is 0 Å². The van der Waals surface area contributed by atoms with Gasteiger partial charge in [0.2, 0.25) is 0 Å². The number of halogens is 1. The van der Waals surface area contributed by atoms with Crippen LogP contribution in [0, 0.1) is 0 Å². The molecule has 0 amide bonds. The van der Waals surface area contributed by atoms with Crippen molar-refractivity contribution in [2.24, 2.45) is 0 Å². The molecule has 0 fully saturated rings. The summed E-state index contributed by atoms with van der Waals surface area (Å²) in [4.78, 5) is 10.1. The second kappa shape index (κ2) is 12.1. The molecule has 0 bridgehead atoms. The van der Waals surface area contributed by atoms with E-state index in [0.717, 1.165) is 11.0 Å². The minimum Gasteiger partial charge on any atom is -1.00 e. The lowest BCUT2D eigenvalue weighted by molar-refractivity contribution is -0.870. The second-order valence-corrected chi connectivity index (χ2v) is 5.25. The van der Waals surface area contributed by atoms with E-state index < -0.39 is 37.0 Å². The molecule has 0 saturated heterocycles. The molecule has 0 saturated carbocycles. The minimum atomic E-state index is -2.20. The summed E-state index contributed by atoms with van der Waals surface area (Å²) < 4.78 is 0.844. The van der Waals surface area contributed by atoms with E-state index in [4.69, 9.17) is 35.7 Å². The number of hydrogen-bond donors (Lipinski definition) is 7. The molecule has 130 valence electrons. The molecule has 9 nitrogen and oxygen atoms in total. The number of nitrogens with zero attached hydrogens (tertiary/aromatic N) is 1. The zero-order valence-corrected chi connectivity index (χ0v) is 13.1. The van der Waals surface area contributed by atoms with Crippen LogP contribution in [0.15, 0.2) is 0 Å². The lowest BCUT2D eigenvalue weighted by Gasteiger charge is -2.23. The van der Waals surface area contributed by atoms with Gasteiger partial charge < -0.3 is 52.6 Å². The second-order valence-electron chi connectivity index (χ2n) is 5.25. The van der Waals surface area contributed by atoms with E-state index in [0.29, 0.717) is 0 Å². The Labute approximate surface area is 129 Å². The maximum Gasteiger partial charge on any atom is 0.335 e. The lowest BCUT2D eigenvalue weighted by atomic mass is 10.0. The first kappa shape index (κ1) is 25.4. The third-order valence-electron chi connectivity index (χ3n) is 2.28. The zero-order valence-electron chi connectivity index (χ0n) is 12.3. The monoisotopic (exact) mass is 335 g/mol. The number of likely N-dealkylation sites (N-methyl/N-ethyl adjacent to an activating group) is 1. The van der Waals surface area contributed by atoms with Crippen LogP contribution in [0.25, 0.3) is 0 Å². The van der Waals surface area contributed by atoms with Crippen molar-refractivity contribution in [2.75, 3.05) is 40.9 Å². The summed E-state index contributed by atoms with van der Waals surface area (Å²) >= 11 is 0. The topological polar surface area (TPSA) is 159 Å². The van der Waals surface area contributed by atoms with Gasteiger partial charge in [0.15, 0.2) is 6.10 Å². The van der Waals surface area contributed by atoms with Crippen LogP contribution in [0.2, 0.25) is 0 Å². The fraction of sp³-hybridized carbons (Fsp3) is 0.909. The molecule has 0 aromatic rings. The number of carboxylic acid groups (broad SMARTS) is 1. The first-order valence-electron chi connectivity index (χ1n) is 5.95. The Hall–Kier alpha value is -0.520.